The van der Waals surface area contributed by atoms with Gasteiger partial charge in [0.1, 0.15) is 5.82 Å². The van der Waals surface area contributed by atoms with Crippen LogP contribution in [0.15, 0.2) is 6.20 Å². The molecule has 2 heterocycles. The zero-order valence-electron chi connectivity index (χ0n) is 5.90. The molecule has 0 atom stereocenters. The Morgan fingerprint density at radius 2 is 2.25 bits per heavy atom. The molecule has 2 rings (SSSR count). The molecule has 0 saturated carbocycles. The molecule has 62 valence electrons. The number of pyridine rings is 1. The number of hydrogen-bond acceptors (Lipinski definition) is 2. The Balaban J connectivity index is 2.61. The first-order chi connectivity index (χ1) is 5.68. The molecule has 1 aromatic heterocycles. The van der Waals surface area contributed by atoms with Crippen LogP contribution in [-0.4, -0.2) is 10.9 Å². The van der Waals surface area contributed by atoms with Gasteiger partial charge in [-0.2, -0.15) is 0 Å². The lowest BCUT2D eigenvalue weighted by Crippen LogP contribution is -2.04. The third-order valence-corrected chi connectivity index (χ3v) is 1.66. The fourth-order valence-corrected chi connectivity index (χ4v) is 1.11. The SMILES string of the molecule is O=C1Cc2c(ncc(F)c2F)N1. The van der Waals surface area contributed by atoms with Crippen LogP contribution in [0.3, 0.4) is 0 Å². The lowest BCUT2D eigenvalue weighted by atomic mass is 10.2. The first kappa shape index (κ1) is 7.15. The zero-order valence-corrected chi connectivity index (χ0v) is 5.90. The summed E-state index contributed by atoms with van der Waals surface area (Å²) in [6.07, 6.45) is 0.617. The summed E-state index contributed by atoms with van der Waals surface area (Å²) in [5.74, 6) is -2.25. The molecule has 0 bridgehead atoms. The van der Waals surface area contributed by atoms with Gasteiger partial charge in [0.15, 0.2) is 11.6 Å². The van der Waals surface area contributed by atoms with Crippen LogP contribution in [0.1, 0.15) is 5.56 Å². The number of nitrogens with zero attached hydrogens (tertiary/aromatic N) is 1. The first-order valence-electron chi connectivity index (χ1n) is 3.31. The van der Waals surface area contributed by atoms with Crippen molar-refractivity contribution in [2.45, 2.75) is 6.42 Å². The van der Waals surface area contributed by atoms with Crippen LogP contribution in [0.4, 0.5) is 14.6 Å². The van der Waals surface area contributed by atoms with Crippen molar-refractivity contribution in [2.75, 3.05) is 5.32 Å². The number of halogens is 2. The zero-order chi connectivity index (χ0) is 8.72. The molecule has 1 N–H and O–H groups in total. The highest BCUT2D eigenvalue weighted by atomic mass is 19.2. The van der Waals surface area contributed by atoms with Gasteiger partial charge in [0.2, 0.25) is 5.91 Å². The molecule has 0 aromatic carbocycles. The summed E-state index contributed by atoms with van der Waals surface area (Å²) < 4.78 is 25.4. The van der Waals surface area contributed by atoms with Gasteiger partial charge in [0.25, 0.3) is 0 Å². The standard InChI is InChI=1S/C7H4F2N2O/c8-4-2-10-7-3(6(4)9)1-5(12)11-7/h2H,1H2,(H,10,11,12). The maximum atomic E-state index is 12.9. The smallest absolute Gasteiger partial charge is 0.230 e. The highest BCUT2D eigenvalue weighted by molar-refractivity contribution is 5.97. The molecule has 0 saturated heterocycles. The second kappa shape index (κ2) is 2.23. The van der Waals surface area contributed by atoms with E-state index in [9.17, 15) is 13.6 Å². The van der Waals surface area contributed by atoms with Gasteiger partial charge in [-0.25, -0.2) is 13.8 Å². The largest absolute Gasteiger partial charge is 0.310 e. The minimum atomic E-state index is -1.02. The molecule has 1 aliphatic rings. The Morgan fingerprint density at radius 3 is 3.00 bits per heavy atom. The highest BCUT2D eigenvalue weighted by Crippen LogP contribution is 2.23. The molecule has 12 heavy (non-hydrogen) atoms. The summed E-state index contributed by atoms with van der Waals surface area (Å²) in [6.45, 7) is 0. The third-order valence-electron chi connectivity index (χ3n) is 1.66. The van der Waals surface area contributed by atoms with E-state index in [2.05, 4.69) is 10.3 Å². The average molecular weight is 170 g/mol. The van der Waals surface area contributed by atoms with Crippen molar-refractivity contribution in [3.63, 3.8) is 0 Å². The van der Waals surface area contributed by atoms with Crippen molar-refractivity contribution < 1.29 is 13.6 Å². The molecule has 0 aliphatic carbocycles. The van der Waals surface area contributed by atoms with Gasteiger partial charge >= 0.3 is 0 Å². The minimum Gasteiger partial charge on any atom is -0.310 e. The lowest BCUT2D eigenvalue weighted by molar-refractivity contribution is -0.115. The Morgan fingerprint density at radius 1 is 1.50 bits per heavy atom. The van der Waals surface area contributed by atoms with Crippen LogP contribution < -0.4 is 5.32 Å². The summed E-state index contributed by atoms with van der Waals surface area (Å²) in [7, 11) is 0. The van der Waals surface area contributed by atoms with Crippen molar-refractivity contribution in [3.05, 3.63) is 23.4 Å². The van der Waals surface area contributed by atoms with Crippen molar-refractivity contribution in [3.8, 4) is 0 Å². The fraction of sp³-hybridized carbons (Fsp3) is 0.143. The van der Waals surface area contributed by atoms with Gasteiger partial charge in [-0.05, 0) is 0 Å². The van der Waals surface area contributed by atoms with Gasteiger partial charge in [-0.1, -0.05) is 0 Å². The number of nitrogens with one attached hydrogen (secondary N) is 1. The van der Waals surface area contributed by atoms with Crippen LogP contribution in [-0.2, 0) is 11.2 Å². The van der Waals surface area contributed by atoms with E-state index in [-0.39, 0.29) is 23.7 Å². The van der Waals surface area contributed by atoms with E-state index in [4.69, 9.17) is 0 Å². The second-order valence-electron chi connectivity index (χ2n) is 2.47. The first-order valence-corrected chi connectivity index (χ1v) is 3.31. The molecule has 0 fully saturated rings. The lowest BCUT2D eigenvalue weighted by Gasteiger charge is -1.97. The van der Waals surface area contributed by atoms with Crippen LogP contribution >= 0.6 is 0 Å². The maximum Gasteiger partial charge on any atom is 0.230 e. The number of aromatic nitrogens is 1. The number of carbonyl (C=O) groups is 1. The molecule has 5 heteroatoms. The molecule has 0 radical (unpaired) electrons. The van der Waals surface area contributed by atoms with Gasteiger partial charge < -0.3 is 5.32 Å². The molecule has 3 nitrogen and oxygen atoms in total. The Kier molecular flexibility index (Phi) is 1.33. The summed E-state index contributed by atoms with van der Waals surface area (Å²) in [6, 6.07) is 0. The predicted molar refractivity (Wildman–Crippen MR) is 36.5 cm³/mol. The molecule has 1 aromatic rings. The molecule has 1 aliphatic heterocycles. The number of anilines is 1. The van der Waals surface area contributed by atoms with E-state index in [0.717, 1.165) is 6.20 Å². The topological polar surface area (TPSA) is 42.0 Å². The van der Waals surface area contributed by atoms with Gasteiger partial charge in [0, 0.05) is 5.56 Å². The predicted octanol–water partition coefficient (Wildman–Crippen LogP) is 0.854. The van der Waals surface area contributed by atoms with Crippen LogP contribution in [0, 0.1) is 11.6 Å². The Labute approximate surface area is 66.4 Å². The number of hydrogen-bond donors (Lipinski definition) is 1. The summed E-state index contributed by atoms with van der Waals surface area (Å²) in [5.41, 5.74) is 0.0139. The van der Waals surface area contributed by atoms with Crippen molar-refractivity contribution >= 4 is 11.7 Å². The van der Waals surface area contributed by atoms with Gasteiger partial charge in [-0.15, -0.1) is 0 Å². The van der Waals surface area contributed by atoms with Gasteiger partial charge in [-0.3, -0.25) is 4.79 Å². The number of fused-ring (bicyclic) bond motifs is 1. The molecule has 0 unspecified atom stereocenters. The monoisotopic (exact) mass is 170 g/mol. The maximum absolute atomic E-state index is 12.9. The van der Waals surface area contributed by atoms with Crippen molar-refractivity contribution in [2.24, 2.45) is 0 Å². The summed E-state index contributed by atoms with van der Waals surface area (Å²) in [5, 5.41) is 2.31. The summed E-state index contributed by atoms with van der Waals surface area (Å²) >= 11 is 0. The number of rotatable bonds is 0. The minimum absolute atomic E-state index is 0.0139. The van der Waals surface area contributed by atoms with Crippen LogP contribution in [0.5, 0.6) is 0 Å². The molecule has 1 amide bonds. The quantitative estimate of drug-likeness (QED) is 0.627. The normalized spacial score (nSPS) is 14.3. The van der Waals surface area contributed by atoms with E-state index in [1.165, 1.54) is 0 Å². The van der Waals surface area contributed by atoms with E-state index < -0.39 is 11.6 Å². The van der Waals surface area contributed by atoms with Crippen molar-refractivity contribution in [1.82, 2.24) is 4.98 Å². The van der Waals surface area contributed by atoms with Gasteiger partial charge in [0.05, 0.1) is 12.6 Å². The fourth-order valence-electron chi connectivity index (χ4n) is 1.11. The van der Waals surface area contributed by atoms with E-state index in [1.807, 2.05) is 0 Å². The van der Waals surface area contributed by atoms with Crippen LogP contribution in [0.25, 0.3) is 0 Å². The Bertz CT molecular complexity index is 365. The van der Waals surface area contributed by atoms with E-state index in [0.29, 0.717) is 0 Å². The van der Waals surface area contributed by atoms with Crippen molar-refractivity contribution in [1.29, 1.82) is 0 Å². The second-order valence-corrected chi connectivity index (χ2v) is 2.47. The molecular formula is C7H4F2N2O. The van der Waals surface area contributed by atoms with Crippen LogP contribution in [0.2, 0.25) is 0 Å². The van der Waals surface area contributed by atoms with E-state index in [1.54, 1.807) is 0 Å². The third kappa shape index (κ3) is 0.861. The Hall–Kier alpha value is -1.52. The number of carbonyl (C=O) groups excluding carboxylic acids is 1. The highest BCUT2D eigenvalue weighted by Gasteiger charge is 2.24. The van der Waals surface area contributed by atoms with E-state index >= 15 is 0 Å². The molecule has 0 spiro atoms. The molecular weight excluding hydrogens is 166 g/mol. The number of amides is 1. The summed E-state index contributed by atoms with van der Waals surface area (Å²) in [4.78, 5) is 14.2. The average Bonchev–Trinajstić information content (AvgIpc) is 2.39.